The third kappa shape index (κ3) is 6.13. The van der Waals surface area contributed by atoms with Crippen LogP contribution in [0.5, 0.6) is 0 Å². The zero-order chi connectivity index (χ0) is 16.3. The minimum Gasteiger partial charge on any atom is -0.244 e. The Morgan fingerprint density at radius 3 is 2.09 bits per heavy atom. The average Bonchev–Trinajstić information content (AvgIpc) is 2.61. The summed E-state index contributed by atoms with van der Waals surface area (Å²) in [6.45, 7) is 4.58. The topological polar surface area (TPSA) is 25.8 Å². The van der Waals surface area contributed by atoms with Crippen molar-refractivity contribution >= 4 is 0 Å². The third-order valence-electron chi connectivity index (χ3n) is 4.55. The SMILES string of the molecule is CCCCCC(CCCC)Cc1ccc(-c2cncnc2)cc1. The van der Waals surface area contributed by atoms with Gasteiger partial charge in [0.1, 0.15) is 6.33 Å². The Morgan fingerprint density at radius 1 is 0.783 bits per heavy atom. The second-order valence-corrected chi connectivity index (χ2v) is 6.53. The van der Waals surface area contributed by atoms with Gasteiger partial charge in [-0.1, -0.05) is 83.1 Å². The van der Waals surface area contributed by atoms with Crippen molar-refractivity contribution in [2.24, 2.45) is 5.92 Å². The second kappa shape index (κ2) is 10.1. The Bertz CT molecular complexity index is 534. The Labute approximate surface area is 141 Å². The van der Waals surface area contributed by atoms with E-state index >= 15 is 0 Å². The molecule has 124 valence electrons. The largest absolute Gasteiger partial charge is 0.244 e. The van der Waals surface area contributed by atoms with Crippen LogP contribution in [0.25, 0.3) is 11.1 Å². The van der Waals surface area contributed by atoms with Crippen LogP contribution in [-0.4, -0.2) is 9.97 Å². The molecule has 1 aromatic carbocycles. The first-order chi connectivity index (χ1) is 11.3. The molecule has 0 saturated heterocycles. The number of benzene rings is 1. The molecule has 0 aliphatic heterocycles. The van der Waals surface area contributed by atoms with Crippen LogP contribution in [0, 0.1) is 5.92 Å². The van der Waals surface area contributed by atoms with Gasteiger partial charge in [-0.15, -0.1) is 0 Å². The van der Waals surface area contributed by atoms with Crippen molar-refractivity contribution in [1.29, 1.82) is 0 Å². The van der Waals surface area contributed by atoms with Crippen molar-refractivity contribution in [3.05, 3.63) is 48.5 Å². The van der Waals surface area contributed by atoms with Gasteiger partial charge in [0.05, 0.1) is 0 Å². The van der Waals surface area contributed by atoms with Crippen LogP contribution in [0.15, 0.2) is 43.0 Å². The summed E-state index contributed by atoms with van der Waals surface area (Å²) in [5.41, 5.74) is 3.75. The molecule has 0 fully saturated rings. The number of hydrogen-bond acceptors (Lipinski definition) is 2. The van der Waals surface area contributed by atoms with Gasteiger partial charge in [0, 0.05) is 18.0 Å². The lowest BCUT2D eigenvalue weighted by molar-refractivity contribution is 0.412. The number of rotatable bonds is 10. The molecule has 1 heterocycles. The fourth-order valence-electron chi connectivity index (χ4n) is 3.14. The van der Waals surface area contributed by atoms with E-state index < -0.39 is 0 Å². The first kappa shape index (κ1) is 17.7. The molecule has 2 nitrogen and oxygen atoms in total. The van der Waals surface area contributed by atoms with E-state index in [1.165, 1.54) is 62.5 Å². The molecule has 1 aromatic heterocycles. The van der Waals surface area contributed by atoms with E-state index in [1.807, 2.05) is 12.4 Å². The monoisotopic (exact) mass is 310 g/mol. The van der Waals surface area contributed by atoms with Crippen LogP contribution in [0.1, 0.15) is 64.4 Å². The molecule has 0 aliphatic carbocycles. The van der Waals surface area contributed by atoms with Gasteiger partial charge in [-0.05, 0) is 23.5 Å². The average molecular weight is 310 g/mol. The first-order valence-corrected chi connectivity index (χ1v) is 9.17. The normalized spacial score (nSPS) is 12.3. The van der Waals surface area contributed by atoms with Gasteiger partial charge in [-0.3, -0.25) is 0 Å². The minimum atomic E-state index is 0.840. The first-order valence-electron chi connectivity index (χ1n) is 9.17. The lowest BCUT2D eigenvalue weighted by atomic mass is 9.89. The summed E-state index contributed by atoms with van der Waals surface area (Å²) >= 11 is 0. The summed E-state index contributed by atoms with van der Waals surface area (Å²) in [6.07, 6.45) is 16.0. The van der Waals surface area contributed by atoms with Crippen LogP contribution < -0.4 is 0 Å². The zero-order valence-electron chi connectivity index (χ0n) is 14.7. The second-order valence-electron chi connectivity index (χ2n) is 6.53. The van der Waals surface area contributed by atoms with Gasteiger partial charge in [0.2, 0.25) is 0 Å². The molecule has 2 rings (SSSR count). The Balaban J connectivity index is 1.96. The van der Waals surface area contributed by atoms with Gasteiger partial charge >= 0.3 is 0 Å². The van der Waals surface area contributed by atoms with Crippen LogP contribution in [0.4, 0.5) is 0 Å². The predicted octanol–water partition coefficient (Wildman–Crippen LogP) is 6.07. The minimum absolute atomic E-state index is 0.840. The quantitative estimate of drug-likeness (QED) is 0.497. The smallest absolute Gasteiger partial charge is 0.115 e. The van der Waals surface area contributed by atoms with E-state index in [4.69, 9.17) is 0 Å². The van der Waals surface area contributed by atoms with Gasteiger partial charge in [-0.25, -0.2) is 9.97 Å². The maximum absolute atomic E-state index is 4.10. The molecule has 0 N–H and O–H groups in total. The molecule has 23 heavy (non-hydrogen) atoms. The summed E-state index contributed by atoms with van der Waals surface area (Å²) in [5, 5.41) is 0. The Kier molecular flexibility index (Phi) is 7.79. The van der Waals surface area contributed by atoms with E-state index in [9.17, 15) is 0 Å². The molecule has 0 aliphatic rings. The van der Waals surface area contributed by atoms with Crippen molar-refractivity contribution in [3.8, 4) is 11.1 Å². The number of nitrogens with zero attached hydrogens (tertiary/aromatic N) is 2. The predicted molar refractivity (Wildman–Crippen MR) is 98.3 cm³/mol. The lowest BCUT2D eigenvalue weighted by Gasteiger charge is -2.17. The third-order valence-corrected chi connectivity index (χ3v) is 4.55. The van der Waals surface area contributed by atoms with E-state index in [1.54, 1.807) is 6.33 Å². The standard InChI is InChI=1S/C21H30N2/c1-3-5-7-9-18(8-6-4-2)14-19-10-12-20(13-11-19)21-15-22-17-23-16-21/h10-13,15-18H,3-9,14H2,1-2H3. The van der Waals surface area contributed by atoms with Crippen molar-refractivity contribution in [3.63, 3.8) is 0 Å². The summed E-state index contributed by atoms with van der Waals surface area (Å²) < 4.78 is 0. The highest BCUT2D eigenvalue weighted by molar-refractivity contribution is 5.61. The number of hydrogen-bond donors (Lipinski definition) is 0. The fourth-order valence-corrected chi connectivity index (χ4v) is 3.14. The van der Waals surface area contributed by atoms with Crippen molar-refractivity contribution in [2.75, 3.05) is 0 Å². The molecule has 0 bridgehead atoms. The van der Waals surface area contributed by atoms with Crippen LogP contribution in [0.2, 0.25) is 0 Å². The highest BCUT2D eigenvalue weighted by atomic mass is 14.8. The van der Waals surface area contributed by atoms with Crippen molar-refractivity contribution in [2.45, 2.75) is 65.2 Å². The Morgan fingerprint density at radius 2 is 1.43 bits per heavy atom. The van der Waals surface area contributed by atoms with E-state index in [0.29, 0.717) is 0 Å². The van der Waals surface area contributed by atoms with E-state index in [0.717, 1.165) is 11.5 Å². The molecular formula is C21H30N2. The highest BCUT2D eigenvalue weighted by Crippen LogP contribution is 2.24. The number of aromatic nitrogens is 2. The molecule has 1 atom stereocenters. The molecular weight excluding hydrogens is 280 g/mol. The highest BCUT2D eigenvalue weighted by Gasteiger charge is 2.09. The van der Waals surface area contributed by atoms with Crippen LogP contribution in [0.3, 0.4) is 0 Å². The molecule has 0 amide bonds. The van der Waals surface area contributed by atoms with Gasteiger partial charge in [-0.2, -0.15) is 0 Å². The van der Waals surface area contributed by atoms with Crippen molar-refractivity contribution in [1.82, 2.24) is 9.97 Å². The lowest BCUT2D eigenvalue weighted by Crippen LogP contribution is -2.05. The molecule has 0 spiro atoms. The molecule has 0 saturated carbocycles. The van der Waals surface area contributed by atoms with Crippen LogP contribution >= 0.6 is 0 Å². The molecule has 1 unspecified atom stereocenters. The molecule has 2 aromatic rings. The summed E-state index contributed by atoms with van der Waals surface area (Å²) in [4.78, 5) is 8.19. The van der Waals surface area contributed by atoms with Crippen molar-refractivity contribution < 1.29 is 0 Å². The summed E-state index contributed by atoms with van der Waals surface area (Å²) in [6, 6.07) is 8.97. The van der Waals surface area contributed by atoms with Gasteiger partial charge in [0.15, 0.2) is 0 Å². The summed E-state index contributed by atoms with van der Waals surface area (Å²) in [7, 11) is 0. The zero-order valence-corrected chi connectivity index (χ0v) is 14.7. The molecule has 0 radical (unpaired) electrons. The van der Waals surface area contributed by atoms with Crippen LogP contribution in [-0.2, 0) is 6.42 Å². The Hall–Kier alpha value is -1.70. The van der Waals surface area contributed by atoms with E-state index in [2.05, 4.69) is 48.1 Å². The maximum atomic E-state index is 4.10. The summed E-state index contributed by atoms with van der Waals surface area (Å²) in [5.74, 6) is 0.840. The fraction of sp³-hybridized carbons (Fsp3) is 0.524. The van der Waals surface area contributed by atoms with Gasteiger partial charge < -0.3 is 0 Å². The number of unbranched alkanes of at least 4 members (excludes halogenated alkanes) is 3. The maximum Gasteiger partial charge on any atom is 0.115 e. The van der Waals surface area contributed by atoms with E-state index in [-0.39, 0.29) is 0 Å². The molecule has 2 heteroatoms. The van der Waals surface area contributed by atoms with Gasteiger partial charge in [0.25, 0.3) is 0 Å².